The van der Waals surface area contributed by atoms with E-state index < -0.39 is 5.91 Å². The number of benzene rings is 1. The minimum absolute atomic E-state index is 0.0399. The van der Waals surface area contributed by atoms with E-state index in [9.17, 15) is 9.59 Å². The number of carbonyl (C=O) groups excluding carboxylic acids is 2. The standard InChI is InChI=1S/C17H22N2O3/c1-13(14-7-3-2-4-8-14)19-12-6-10-15(17(19)21)9-5-11-16(20)18-22/h2-4,7-8,10,13,22H,5-6,9,11-12H2,1H3,(H,18,20). The molecule has 5 heteroatoms. The van der Waals surface area contributed by atoms with Crippen LogP contribution in [0.5, 0.6) is 0 Å². The predicted molar refractivity (Wildman–Crippen MR) is 83.1 cm³/mol. The Morgan fingerprint density at radius 3 is 2.77 bits per heavy atom. The van der Waals surface area contributed by atoms with Gasteiger partial charge in [0.25, 0.3) is 0 Å². The van der Waals surface area contributed by atoms with Crippen LogP contribution in [0.25, 0.3) is 0 Å². The zero-order valence-corrected chi connectivity index (χ0v) is 12.8. The van der Waals surface area contributed by atoms with Crippen molar-refractivity contribution in [2.24, 2.45) is 0 Å². The van der Waals surface area contributed by atoms with E-state index in [0.29, 0.717) is 12.8 Å². The first-order valence-corrected chi connectivity index (χ1v) is 7.61. The van der Waals surface area contributed by atoms with Crippen LogP contribution in [0.15, 0.2) is 42.0 Å². The Labute approximate surface area is 130 Å². The van der Waals surface area contributed by atoms with Crippen LogP contribution in [0, 0.1) is 0 Å². The van der Waals surface area contributed by atoms with E-state index in [2.05, 4.69) is 0 Å². The molecule has 1 aliphatic heterocycles. The first kappa shape index (κ1) is 16.2. The number of carbonyl (C=O) groups is 2. The third kappa shape index (κ3) is 3.95. The van der Waals surface area contributed by atoms with Gasteiger partial charge in [-0.3, -0.25) is 14.8 Å². The molecule has 1 aromatic carbocycles. The zero-order valence-electron chi connectivity index (χ0n) is 12.8. The molecule has 5 nitrogen and oxygen atoms in total. The summed E-state index contributed by atoms with van der Waals surface area (Å²) in [4.78, 5) is 25.5. The summed E-state index contributed by atoms with van der Waals surface area (Å²) in [5, 5.41) is 8.48. The average Bonchev–Trinajstić information content (AvgIpc) is 2.56. The van der Waals surface area contributed by atoms with Gasteiger partial charge in [0.05, 0.1) is 6.04 Å². The molecule has 0 bridgehead atoms. The Hall–Kier alpha value is -2.14. The molecule has 0 fully saturated rings. The number of hydrogen-bond donors (Lipinski definition) is 2. The Kier molecular flexibility index (Phi) is 5.72. The third-order valence-corrected chi connectivity index (χ3v) is 4.02. The van der Waals surface area contributed by atoms with Crippen LogP contribution in [-0.2, 0) is 9.59 Å². The number of nitrogens with zero attached hydrogens (tertiary/aromatic N) is 1. The lowest BCUT2D eigenvalue weighted by Crippen LogP contribution is -2.37. The third-order valence-electron chi connectivity index (χ3n) is 4.02. The summed E-state index contributed by atoms with van der Waals surface area (Å²) < 4.78 is 0. The van der Waals surface area contributed by atoms with E-state index in [4.69, 9.17) is 5.21 Å². The van der Waals surface area contributed by atoms with Gasteiger partial charge in [-0.2, -0.15) is 0 Å². The number of rotatable bonds is 6. The van der Waals surface area contributed by atoms with Crippen LogP contribution in [0.3, 0.4) is 0 Å². The second-order valence-corrected chi connectivity index (χ2v) is 5.49. The smallest absolute Gasteiger partial charge is 0.249 e. The van der Waals surface area contributed by atoms with Crippen LogP contribution in [-0.4, -0.2) is 28.5 Å². The molecule has 2 N–H and O–H groups in total. The minimum Gasteiger partial charge on any atom is -0.332 e. The Bertz CT molecular complexity index is 554. The maximum atomic E-state index is 12.6. The number of amides is 2. The lowest BCUT2D eigenvalue weighted by Gasteiger charge is -2.33. The fourth-order valence-corrected chi connectivity index (χ4v) is 2.74. The van der Waals surface area contributed by atoms with Crippen molar-refractivity contribution >= 4 is 11.8 Å². The Morgan fingerprint density at radius 1 is 1.36 bits per heavy atom. The van der Waals surface area contributed by atoms with Gasteiger partial charge in [-0.05, 0) is 31.7 Å². The summed E-state index contributed by atoms with van der Waals surface area (Å²) in [7, 11) is 0. The van der Waals surface area contributed by atoms with E-state index in [1.807, 2.05) is 48.2 Å². The molecule has 0 spiro atoms. The highest BCUT2D eigenvalue weighted by molar-refractivity contribution is 5.94. The van der Waals surface area contributed by atoms with Crippen molar-refractivity contribution in [2.75, 3.05) is 6.54 Å². The molecule has 1 unspecified atom stereocenters. The van der Waals surface area contributed by atoms with Crippen LogP contribution < -0.4 is 5.48 Å². The minimum atomic E-state index is -0.418. The summed E-state index contributed by atoms with van der Waals surface area (Å²) in [5.41, 5.74) is 3.49. The van der Waals surface area contributed by atoms with Gasteiger partial charge in [0, 0.05) is 18.5 Å². The fraction of sp³-hybridized carbons (Fsp3) is 0.412. The topological polar surface area (TPSA) is 69.6 Å². The highest BCUT2D eigenvalue weighted by Gasteiger charge is 2.26. The van der Waals surface area contributed by atoms with Crippen molar-refractivity contribution in [3.05, 3.63) is 47.5 Å². The van der Waals surface area contributed by atoms with E-state index >= 15 is 0 Å². The van der Waals surface area contributed by atoms with Crippen molar-refractivity contribution in [1.29, 1.82) is 0 Å². The van der Waals surface area contributed by atoms with E-state index in [-0.39, 0.29) is 18.4 Å². The first-order valence-electron chi connectivity index (χ1n) is 7.61. The van der Waals surface area contributed by atoms with E-state index in [1.165, 1.54) is 0 Å². The van der Waals surface area contributed by atoms with Gasteiger partial charge in [0.1, 0.15) is 0 Å². The summed E-state index contributed by atoms with van der Waals surface area (Å²) in [5.74, 6) is -0.370. The largest absolute Gasteiger partial charge is 0.332 e. The molecule has 1 heterocycles. The number of nitrogens with one attached hydrogen (secondary N) is 1. The summed E-state index contributed by atoms with van der Waals surface area (Å²) >= 11 is 0. The molecule has 1 atom stereocenters. The lowest BCUT2D eigenvalue weighted by molar-refractivity contribution is -0.131. The molecule has 2 rings (SSSR count). The monoisotopic (exact) mass is 302 g/mol. The first-order chi connectivity index (χ1) is 10.6. The molecular formula is C17H22N2O3. The van der Waals surface area contributed by atoms with E-state index in [0.717, 1.165) is 24.1 Å². The highest BCUT2D eigenvalue weighted by atomic mass is 16.5. The summed E-state index contributed by atoms with van der Waals surface area (Å²) in [6.07, 6.45) is 4.13. The van der Waals surface area contributed by atoms with Gasteiger partial charge in [-0.15, -0.1) is 0 Å². The van der Waals surface area contributed by atoms with Gasteiger partial charge in [0.2, 0.25) is 11.8 Å². The maximum Gasteiger partial charge on any atom is 0.249 e. The molecule has 1 aliphatic rings. The van der Waals surface area contributed by atoms with Crippen molar-refractivity contribution in [1.82, 2.24) is 10.4 Å². The summed E-state index contributed by atoms with van der Waals surface area (Å²) in [6, 6.07) is 10.0. The molecule has 0 saturated carbocycles. The second kappa shape index (κ2) is 7.75. The van der Waals surface area contributed by atoms with Crippen molar-refractivity contribution < 1.29 is 14.8 Å². The molecule has 0 saturated heterocycles. The van der Waals surface area contributed by atoms with Crippen LogP contribution in [0.4, 0.5) is 0 Å². The maximum absolute atomic E-state index is 12.6. The molecule has 118 valence electrons. The van der Waals surface area contributed by atoms with Crippen molar-refractivity contribution in [3.63, 3.8) is 0 Å². The fourth-order valence-electron chi connectivity index (χ4n) is 2.74. The molecule has 22 heavy (non-hydrogen) atoms. The zero-order chi connectivity index (χ0) is 15.9. The average molecular weight is 302 g/mol. The molecule has 0 aromatic heterocycles. The number of hydrogen-bond acceptors (Lipinski definition) is 3. The molecule has 2 amide bonds. The molecule has 1 aromatic rings. The Balaban J connectivity index is 1.97. The van der Waals surface area contributed by atoms with Gasteiger partial charge in [0.15, 0.2) is 0 Å². The van der Waals surface area contributed by atoms with E-state index in [1.54, 1.807) is 5.48 Å². The van der Waals surface area contributed by atoms with Gasteiger partial charge >= 0.3 is 0 Å². The SMILES string of the molecule is CC(c1ccccc1)N1CCC=C(CCCC(=O)NO)C1=O. The molecular weight excluding hydrogens is 280 g/mol. The Morgan fingerprint density at radius 2 is 2.09 bits per heavy atom. The highest BCUT2D eigenvalue weighted by Crippen LogP contribution is 2.26. The van der Waals surface area contributed by atoms with Crippen molar-refractivity contribution in [3.8, 4) is 0 Å². The lowest BCUT2D eigenvalue weighted by atomic mass is 9.99. The van der Waals surface area contributed by atoms with Gasteiger partial charge in [-0.25, -0.2) is 5.48 Å². The van der Waals surface area contributed by atoms with Crippen molar-refractivity contribution in [2.45, 2.75) is 38.6 Å². The summed E-state index contributed by atoms with van der Waals surface area (Å²) in [6.45, 7) is 2.75. The predicted octanol–water partition coefficient (Wildman–Crippen LogP) is 2.58. The molecule has 0 radical (unpaired) electrons. The second-order valence-electron chi connectivity index (χ2n) is 5.49. The quantitative estimate of drug-likeness (QED) is 0.627. The van der Waals surface area contributed by atoms with Gasteiger partial charge in [-0.1, -0.05) is 36.4 Å². The molecule has 0 aliphatic carbocycles. The van der Waals surface area contributed by atoms with Crippen LogP contribution in [0.2, 0.25) is 0 Å². The number of hydroxylamine groups is 1. The normalized spacial score (nSPS) is 16.2. The van der Waals surface area contributed by atoms with Gasteiger partial charge < -0.3 is 4.90 Å². The van der Waals surface area contributed by atoms with Crippen LogP contribution in [0.1, 0.15) is 44.2 Å². The van der Waals surface area contributed by atoms with Crippen LogP contribution >= 0.6 is 0 Å².